The molecule has 0 bridgehead atoms. The molecule has 0 fully saturated rings. The number of hydrogen-bond acceptors (Lipinski definition) is 3. The summed E-state index contributed by atoms with van der Waals surface area (Å²) in [5, 5.41) is 0. The first-order chi connectivity index (χ1) is 19.0. The number of aryl methyl sites for hydroxylation is 2. The van der Waals surface area contributed by atoms with Gasteiger partial charge in [-0.3, -0.25) is 9.36 Å². The minimum absolute atomic E-state index is 0.0251. The topological polar surface area (TPSA) is 39.3 Å². The average Bonchev–Trinajstić information content (AvgIpc) is 3.42. The van der Waals surface area contributed by atoms with Crippen LogP contribution in [0.15, 0.2) is 100 Å². The number of fused-ring (bicyclic) bond motifs is 3. The molecule has 2 aromatic heterocycles. The molecule has 1 aliphatic heterocycles. The Balaban J connectivity index is 1.43. The number of halogens is 1. The summed E-state index contributed by atoms with van der Waals surface area (Å²) in [7, 11) is 0. The number of aromatic nitrogens is 2. The maximum Gasteiger partial charge on any atom is 0.271 e. The molecular formula is C33H26IN3OS. The van der Waals surface area contributed by atoms with Crippen molar-refractivity contribution in [2.24, 2.45) is 4.99 Å². The van der Waals surface area contributed by atoms with Crippen LogP contribution in [0.25, 0.3) is 17.5 Å². The fraction of sp³-hybridized carbons (Fsp3) is 0.152. The quantitative estimate of drug-likeness (QED) is 0.213. The number of allylic oxidation sites excluding steroid dienone is 1. The summed E-state index contributed by atoms with van der Waals surface area (Å²) in [5.41, 5.74) is 10.4. The second kappa shape index (κ2) is 9.61. The fourth-order valence-electron chi connectivity index (χ4n) is 6.02. The smallest absolute Gasteiger partial charge is 0.271 e. The zero-order chi connectivity index (χ0) is 26.7. The highest BCUT2D eigenvalue weighted by molar-refractivity contribution is 14.1. The molecule has 4 nitrogen and oxygen atoms in total. The van der Waals surface area contributed by atoms with E-state index < -0.39 is 0 Å². The minimum Gasteiger partial charge on any atom is -0.318 e. The molecule has 1 atom stereocenters. The van der Waals surface area contributed by atoms with Crippen LogP contribution >= 0.6 is 33.9 Å². The highest BCUT2D eigenvalue weighted by atomic mass is 127. The highest BCUT2D eigenvalue weighted by Crippen LogP contribution is 2.41. The van der Waals surface area contributed by atoms with Gasteiger partial charge in [-0.2, -0.15) is 0 Å². The third kappa shape index (κ3) is 4.08. The molecule has 3 heterocycles. The van der Waals surface area contributed by atoms with Crippen LogP contribution in [0.3, 0.4) is 0 Å². The lowest BCUT2D eigenvalue weighted by Gasteiger charge is -2.30. The van der Waals surface area contributed by atoms with Gasteiger partial charge in [0.1, 0.15) is 0 Å². The van der Waals surface area contributed by atoms with Crippen molar-refractivity contribution in [2.75, 3.05) is 0 Å². The van der Waals surface area contributed by atoms with Gasteiger partial charge in [-0.1, -0.05) is 65.9 Å². The van der Waals surface area contributed by atoms with Crippen molar-refractivity contribution in [1.29, 1.82) is 0 Å². The van der Waals surface area contributed by atoms with E-state index >= 15 is 0 Å². The van der Waals surface area contributed by atoms with E-state index in [0.29, 0.717) is 4.53 Å². The Morgan fingerprint density at radius 1 is 0.949 bits per heavy atom. The van der Waals surface area contributed by atoms with E-state index in [1.54, 1.807) is 0 Å². The Morgan fingerprint density at radius 3 is 2.49 bits per heavy atom. The molecule has 3 aromatic carbocycles. The molecule has 192 valence electrons. The summed E-state index contributed by atoms with van der Waals surface area (Å²) in [6.45, 7) is 4.24. The molecule has 39 heavy (non-hydrogen) atoms. The van der Waals surface area contributed by atoms with Gasteiger partial charge < -0.3 is 4.57 Å². The van der Waals surface area contributed by atoms with Gasteiger partial charge in [-0.15, -0.1) is 0 Å². The van der Waals surface area contributed by atoms with Crippen molar-refractivity contribution >= 4 is 45.7 Å². The lowest BCUT2D eigenvalue weighted by molar-refractivity contribution is 0.585. The summed E-state index contributed by atoms with van der Waals surface area (Å²) >= 11 is 3.82. The van der Waals surface area contributed by atoms with Crippen LogP contribution in [0.1, 0.15) is 46.1 Å². The maximum atomic E-state index is 14.1. The van der Waals surface area contributed by atoms with Gasteiger partial charge in [0.05, 0.1) is 16.3 Å². The number of hydrogen-bond donors (Lipinski definition) is 0. The zero-order valence-electron chi connectivity index (χ0n) is 21.7. The number of benzene rings is 3. The SMILES string of the molecule is Cc1cc(/C=c2/sc3n(c2=O)[C@H](c2ccccc2)C2=C(N=3)c3ccccc3CC2)c(C)n1-c1ccc(I)cc1. The van der Waals surface area contributed by atoms with E-state index in [2.05, 4.69) is 120 Å². The molecule has 2 aliphatic rings. The second-order valence-electron chi connectivity index (χ2n) is 10.2. The van der Waals surface area contributed by atoms with E-state index in [9.17, 15) is 4.79 Å². The van der Waals surface area contributed by atoms with Crippen molar-refractivity contribution in [1.82, 2.24) is 9.13 Å². The molecule has 0 amide bonds. The fourth-order valence-corrected chi connectivity index (χ4v) is 7.37. The first kappa shape index (κ1) is 24.5. The van der Waals surface area contributed by atoms with Gasteiger partial charge in [0.2, 0.25) is 0 Å². The van der Waals surface area contributed by atoms with Crippen molar-refractivity contribution in [2.45, 2.75) is 32.7 Å². The lowest BCUT2D eigenvalue weighted by Crippen LogP contribution is -2.38. The minimum atomic E-state index is -0.146. The zero-order valence-corrected chi connectivity index (χ0v) is 24.7. The van der Waals surface area contributed by atoms with Crippen molar-refractivity contribution in [3.05, 3.63) is 147 Å². The highest BCUT2D eigenvalue weighted by Gasteiger charge is 2.32. The monoisotopic (exact) mass is 639 g/mol. The van der Waals surface area contributed by atoms with Crippen LogP contribution in [0.5, 0.6) is 0 Å². The number of rotatable bonds is 3. The Bertz CT molecular complexity index is 1960. The molecule has 0 spiro atoms. The second-order valence-corrected chi connectivity index (χ2v) is 12.4. The summed E-state index contributed by atoms with van der Waals surface area (Å²) in [6.07, 6.45) is 3.91. The van der Waals surface area contributed by atoms with Crippen LogP contribution in [-0.2, 0) is 6.42 Å². The van der Waals surface area contributed by atoms with E-state index in [-0.39, 0.29) is 11.6 Å². The van der Waals surface area contributed by atoms with E-state index in [0.717, 1.165) is 51.5 Å². The third-order valence-corrected chi connectivity index (χ3v) is 9.53. The van der Waals surface area contributed by atoms with Gasteiger partial charge in [0.15, 0.2) is 4.80 Å². The maximum absolute atomic E-state index is 14.1. The van der Waals surface area contributed by atoms with Crippen LogP contribution in [0, 0.1) is 17.4 Å². The number of thiazole rings is 1. The summed E-state index contributed by atoms with van der Waals surface area (Å²) in [5.74, 6) is 0. The summed E-state index contributed by atoms with van der Waals surface area (Å²) < 4.78 is 6.10. The van der Waals surface area contributed by atoms with E-state index in [1.807, 2.05) is 16.7 Å². The summed E-state index contributed by atoms with van der Waals surface area (Å²) in [4.78, 5) is 20.0. The first-order valence-corrected chi connectivity index (χ1v) is 15.0. The third-order valence-electron chi connectivity index (χ3n) is 7.83. The molecule has 7 rings (SSSR count). The predicted octanol–water partition coefficient (Wildman–Crippen LogP) is 6.33. The largest absolute Gasteiger partial charge is 0.318 e. The molecule has 0 unspecified atom stereocenters. The first-order valence-electron chi connectivity index (χ1n) is 13.1. The Kier molecular flexibility index (Phi) is 6.05. The van der Waals surface area contributed by atoms with Gasteiger partial charge in [0.25, 0.3) is 5.56 Å². The van der Waals surface area contributed by atoms with Crippen LogP contribution in [-0.4, -0.2) is 9.13 Å². The predicted molar refractivity (Wildman–Crippen MR) is 167 cm³/mol. The molecule has 0 saturated carbocycles. The average molecular weight is 640 g/mol. The van der Waals surface area contributed by atoms with Crippen LogP contribution < -0.4 is 14.9 Å². The van der Waals surface area contributed by atoms with Gasteiger partial charge >= 0.3 is 0 Å². The van der Waals surface area contributed by atoms with Crippen LogP contribution in [0.4, 0.5) is 0 Å². The van der Waals surface area contributed by atoms with Crippen molar-refractivity contribution < 1.29 is 0 Å². The Hall–Kier alpha value is -3.49. The standard InChI is InChI=1S/C33H26IN3OS/c1-20-18-24(21(2)36(20)26-15-13-25(34)14-16-26)19-29-32(38)37-31(23-9-4-3-5-10-23)28-17-12-22-8-6-7-11-27(22)30(28)35-33(37)39-29/h3-11,13-16,18-19,31H,12,17H2,1-2H3/b29-19+/t31-/m1/s1. The van der Waals surface area contributed by atoms with Crippen molar-refractivity contribution in [3.63, 3.8) is 0 Å². The van der Waals surface area contributed by atoms with Gasteiger partial charge in [-0.25, -0.2) is 4.99 Å². The molecule has 5 aromatic rings. The van der Waals surface area contributed by atoms with Gasteiger partial charge in [-0.05, 0) is 108 Å². The lowest BCUT2D eigenvalue weighted by atomic mass is 9.83. The Morgan fingerprint density at radius 2 is 1.69 bits per heavy atom. The number of nitrogens with zero attached hydrogens (tertiary/aromatic N) is 3. The van der Waals surface area contributed by atoms with Crippen molar-refractivity contribution in [3.8, 4) is 5.69 Å². The summed E-state index contributed by atoms with van der Waals surface area (Å²) in [6, 6.07) is 29.5. The van der Waals surface area contributed by atoms with Gasteiger partial charge in [0, 0.05) is 26.2 Å². The van der Waals surface area contributed by atoms with E-state index in [1.165, 1.54) is 31.6 Å². The molecule has 0 N–H and O–H groups in total. The Labute approximate surface area is 244 Å². The molecule has 0 radical (unpaired) electrons. The van der Waals surface area contributed by atoms with E-state index in [4.69, 9.17) is 4.99 Å². The molecular weight excluding hydrogens is 613 g/mol. The molecule has 6 heteroatoms. The molecule has 1 aliphatic carbocycles. The molecule has 0 saturated heterocycles. The normalized spacial score (nSPS) is 16.5. The van der Waals surface area contributed by atoms with Crippen LogP contribution in [0.2, 0.25) is 0 Å².